The van der Waals surface area contributed by atoms with E-state index in [4.69, 9.17) is 16.1 Å². The SMILES string of the molecule is Cc1ccc(C(=O)N[C@H]2Cc3cccc(C(=O)O)c3OB2O)cc1NC(=O)C(N)CN. The number of carboxylic acids is 1. The van der Waals surface area contributed by atoms with E-state index in [1.165, 1.54) is 12.1 Å². The molecule has 3 rings (SSSR count). The first-order valence-corrected chi connectivity index (χ1v) is 9.59. The third-order valence-corrected chi connectivity index (χ3v) is 5.01. The molecular formula is C20H23BN4O6. The van der Waals surface area contributed by atoms with Gasteiger partial charge in [0.25, 0.3) is 5.91 Å². The topological polar surface area (TPSA) is 177 Å². The number of rotatable bonds is 6. The monoisotopic (exact) mass is 426 g/mol. The van der Waals surface area contributed by atoms with Gasteiger partial charge in [-0.1, -0.05) is 18.2 Å². The largest absolute Gasteiger partial charge is 0.547 e. The normalized spacial score (nSPS) is 16.0. The summed E-state index contributed by atoms with van der Waals surface area (Å²) in [7, 11) is -1.43. The van der Waals surface area contributed by atoms with Crippen LogP contribution in [0.25, 0.3) is 0 Å². The molecule has 0 spiro atoms. The van der Waals surface area contributed by atoms with Gasteiger partial charge in [0.05, 0.1) is 17.5 Å². The molecule has 0 radical (unpaired) electrons. The van der Waals surface area contributed by atoms with Gasteiger partial charge in [-0.15, -0.1) is 0 Å². The maximum atomic E-state index is 12.8. The van der Waals surface area contributed by atoms with Crippen LogP contribution in [-0.2, 0) is 11.2 Å². The number of para-hydroxylation sites is 1. The van der Waals surface area contributed by atoms with E-state index in [2.05, 4.69) is 10.6 Å². The lowest BCUT2D eigenvalue weighted by Gasteiger charge is -2.29. The zero-order valence-corrected chi connectivity index (χ0v) is 16.8. The van der Waals surface area contributed by atoms with Crippen molar-refractivity contribution in [2.45, 2.75) is 25.3 Å². The van der Waals surface area contributed by atoms with Crippen LogP contribution in [0.1, 0.15) is 31.8 Å². The Morgan fingerprint density at radius 1 is 1.29 bits per heavy atom. The fraction of sp³-hybridized carbons (Fsp3) is 0.250. The second kappa shape index (κ2) is 9.17. The zero-order chi connectivity index (χ0) is 22.7. The van der Waals surface area contributed by atoms with Crippen molar-refractivity contribution in [3.8, 4) is 5.75 Å². The average molecular weight is 426 g/mol. The van der Waals surface area contributed by atoms with Gasteiger partial charge in [0, 0.05) is 17.8 Å². The lowest BCUT2D eigenvalue weighted by atomic mass is 9.72. The highest BCUT2D eigenvalue weighted by molar-refractivity contribution is 6.47. The van der Waals surface area contributed by atoms with Gasteiger partial charge in [-0.3, -0.25) is 9.59 Å². The Kier molecular flexibility index (Phi) is 6.59. The first-order chi connectivity index (χ1) is 14.7. The number of nitrogens with one attached hydrogen (secondary N) is 2. The molecule has 0 aromatic heterocycles. The van der Waals surface area contributed by atoms with E-state index < -0.39 is 36.9 Å². The standard InChI is InChI=1S/C20H23BN4O6/c1-10-5-6-12(7-15(10)24-19(27)14(23)9-22)18(26)25-16-8-11-3-2-4-13(20(28)29)17(11)31-21(16)30/h2-7,14,16,30H,8-9,22-23H2,1H3,(H,24,27)(H,25,26)(H,28,29)/t14?,16-/m0/s1. The van der Waals surface area contributed by atoms with E-state index >= 15 is 0 Å². The molecule has 8 N–H and O–H groups in total. The van der Waals surface area contributed by atoms with Crippen molar-refractivity contribution in [2.24, 2.45) is 11.5 Å². The van der Waals surface area contributed by atoms with Gasteiger partial charge in [0.2, 0.25) is 5.91 Å². The molecule has 162 valence electrons. The van der Waals surface area contributed by atoms with E-state index in [9.17, 15) is 24.5 Å². The molecule has 2 atom stereocenters. The molecule has 0 saturated heterocycles. The predicted octanol–water partition coefficient (Wildman–Crippen LogP) is -0.329. The molecule has 1 unspecified atom stereocenters. The van der Waals surface area contributed by atoms with Crippen molar-refractivity contribution >= 4 is 30.6 Å². The highest BCUT2D eigenvalue weighted by atomic mass is 16.5. The van der Waals surface area contributed by atoms with Crippen LogP contribution < -0.4 is 26.8 Å². The summed E-state index contributed by atoms with van der Waals surface area (Å²) in [6.45, 7) is 1.75. The van der Waals surface area contributed by atoms with Crippen LogP contribution >= 0.6 is 0 Å². The van der Waals surface area contributed by atoms with E-state index in [1.54, 1.807) is 31.2 Å². The Hall–Kier alpha value is -3.41. The molecule has 0 bridgehead atoms. The van der Waals surface area contributed by atoms with E-state index in [0.29, 0.717) is 11.3 Å². The minimum absolute atomic E-state index is 0.0182. The molecular weight excluding hydrogens is 403 g/mol. The minimum Gasteiger partial charge on any atom is -0.534 e. The zero-order valence-electron chi connectivity index (χ0n) is 16.8. The quantitative estimate of drug-likeness (QED) is 0.340. The number of benzene rings is 2. The third kappa shape index (κ3) is 4.85. The molecule has 0 fully saturated rings. The van der Waals surface area contributed by atoms with Gasteiger partial charge in [-0.25, -0.2) is 4.79 Å². The van der Waals surface area contributed by atoms with Crippen molar-refractivity contribution in [1.29, 1.82) is 0 Å². The van der Waals surface area contributed by atoms with Gasteiger partial charge in [0.1, 0.15) is 5.75 Å². The summed E-state index contributed by atoms with van der Waals surface area (Å²) >= 11 is 0. The second-order valence-electron chi connectivity index (χ2n) is 7.25. The van der Waals surface area contributed by atoms with E-state index in [0.717, 1.165) is 5.56 Å². The Balaban J connectivity index is 1.76. The second-order valence-corrected chi connectivity index (χ2v) is 7.25. The van der Waals surface area contributed by atoms with Gasteiger partial charge in [-0.05, 0) is 42.7 Å². The van der Waals surface area contributed by atoms with Gasteiger partial charge >= 0.3 is 13.1 Å². The highest BCUT2D eigenvalue weighted by Gasteiger charge is 2.37. The molecule has 2 aromatic rings. The molecule has 2 amide bonds. The Morgan fingerprint density at radius 3 is 2.71 bits per heavy atom. The summed E-state index contributed by atoms with van der Waals surface area (Å²) in [4.78, 5) is 36.1. The van der Waals surface area contributed by atoms with Gasteiger partial charge in [0.15, 0.2) is 0 Å². The Labute approximate surface area is 178 Å². The number of anilines is 1. The molecule has 10 nitrogen and oxygen atoms in total. The third-order valence-electron chi connectivity index (χ3n) is 5.01. The number of carbonyl (C=O) groups excluding carboxylic acids is 2. The fourth-order valence-electron chi connectivity index (χ4n) is 3.20. The van der Waals surface area contributed by atoms with Crippen LogP contribution in [0.2, 0.25) is 0 Å². The van der Waals surface area contributed by atoms with Gasteiger partial charge < -0.3 is 36.9 Å². The summed E-state index contributed by atoms with van der Waals surface area (Å²) in [5, 5.41) is 24.9. The number of aromatic carboxylic acids is 1. The average Bonchev–Trinajstić information content (AvgIpc) is 2.74. The number of nitrogens with two attached hydrogens (primary N) is 2. The summed E-state index contributed by atoms with van der Waals surface area (Å²) in [6.07, 6.45) is 0.185. The molecule has 1 aliphatic heterocycles. The maximum Gasteiger partial charge on any atom is 0.547 e. The number of aryl methyl sites for hydroxylation is 1. The van der Waals surface area contributed by atoms with Gasteiger partial charge in [-0.2, -0.15) is 0 Å². The van der Waals surface area contributed by atoms with Crippen molar-refractivity contribution in [2.75, 3.05) is 11.9 Å². The van der Waals surface area contributed by atoms with Crippen LogP contribution in [0.5, 0.6) is 5.75 Å². The van der Waals surface area contributed by atoms with Crippen molar-refractivity contribution in [3.05, 3.63) is 58.7 Å². The fourth-order valence-corrected chi connectivity index (χ4v) is 3.20. The van der Waals surface area contributed by atoms with E-state index in [-0.39, 0.29) is 29.8 Å². The first kappa shape index (κ1) is 22.3. The number of carboxylic acid groups (broad SMARTS) is 1. The smallest absolute Gasteiger partial charge is 0.534 e. The van der Waals surface area contributed by atoms with Crippen LogP contribution in [0.3, 0.4) is 0 Å². The molecule has 2 aromatic carbocycles. The number of fused-ring (bicyclic) bond motifs is 1. The summed E-state index contributed by atoms with van der Waals surface area (Å²) < 4.78 is 5.39. The maximum absolute atomic E-state index is 12.8. The van der Waals surface area contributed by atoms with Crippen LogP contribution in [0.4, 0.5) is 5.69 Å². The minimum atomic E-state index is -1.43. The number of amides is 2. The Morgan fingerprint density at radius 2 is 2.03 bits per heavy atom. The lowest BCUT2D eigenvalue weighted by molar-refractivity contribution is -0.117. The molecule has 0 aliphatic carbocycles. The molecule has 1 heterocycles. The van der Waals surface area contributed by atoms with Crippen LogP contribution in [-0.4, -0.2) is 53.6 Å². The molecule has 11 heteroatoms. The van der Waals surface area contributed by atoms with Crippen molar-refractivity contribution in [3.63, 3.8) is 0 Å². The van der Waals surface area contributed by atoms with Crippen molar-refractivity contribution in [1.82, 2.24) is 5.32 Å². The van der Waals surface area contributed by atoms with Crippen molar-refractivity contribution < 1.29 is 29.2 Å². The lowest BCUT2D eigenvalue weighted by Crippen LogP contribution is -2.53. The van der Waals surface area contributed by atoms with Crippen LogP contribution in [0.15, 0.2) is 36.4 Å². The number of hydrogen-bond donors (Lipinski definition) is 6. The first-order valence-electron chi connectivity index (χ1n) is 9.59. The number of carbonyl (C=O) groups is 3. The predicted molar refractivity (Wildman–Crippen MR) is 114 cm³/mol. The molecule has 1 aliphatic rings. The highest BCUT2D eigenvalue weighted by Crippen LogP contribution is 2.30. The summed E-state index contributed by atoms with van der Waals surface area (Å²) in [5.74, 6) is -2.84. The molecule has 31 heavy (non-hydrogen) atoms. The van der Waals surface area contributed by atoms with E-state index in [1.807, 2.05) is 0 Å². The number of hydrogen-bond acceptors (Lipinski definition) is 7. The summed E-state index contributed by atoms with van der Waals surface area (Å²) in [5.41, 5.74) is 12.9. The Bertz CT molecular complexity index is 1030. The molecule has 0 saturated carbocycles. The van der Waals surface area contributed by atoms with Crippen LogP contribution in [0, 0.1) is 6.92 Å². The summed E-state index contributed by atoms with van der Waals surface area (Å²) in [6, 6.07) is 8.50.